The van der Waals surface area contributed by atoms with Crippen LogP contribution in [-0.2, 0) is 5.31 Å². The summed E-state index contributed by atoms with van der Waals surface area (Å²) in [6.45, 7) is 0. The second-order valence-corrected chi connectivity index (χ2v) is 11.4. The Labute approximate surface area is 271 Å². The molecule has 5 rings (SSSR count). The summed E-state index contributed by atoms with van der Waals surface area (Å²) in [5.41, 5.74) is -10.9. The minimum atomic E-state index is -7.47. The van der Waals surface area contributed by atoms with Crippen LogP contribution in [0.4, 0.5) is 87.8 Å². The average molecular weight is 779 g/mol. The van der Waals surface area contributed by atoms with E-state index in [9.17, 15) is 49.0 Å². The number of allylic oxidation sites excluding steroid dienone is 4. The molecule has 0 fully saturated rings. The molecule has 1 aliphatic rings. The van der Waals surface area contributed by atoms with Gasteiger partial charge in [-0.2, -0.15) is 0 Å². The molecule has 0 saturated heterocycles. The number of alkyl halides is 1. The topological polar surface area (TPSA) is 20.2 Å². The van der Waals surface area contributed by atoms with Crippen LogP contribution in [0.25, 0.3) is 0 Å². The highest BCUT2D eigenvalue weighted by molar-refractivity contribution is 7.17. The van der Waals surface area contributed by atoms with Crippen LogP contribution in [0.2, 0.25) is 0 Å². The monoisotopic (exact) mass is 779 g/mol. The summed E-state index contributed by atoms with van der Waals surface area (Å²) in [4.78, 5) is -2.15. The second-order valence-electron chi connectivity index (χ2n) is 10.5. The average Bonchev–Trinajstić information content (AvgIpc) is 3.54. The molecule has 51 heavy (non-hydrogen) atoms. The van der Waals surface area contributed by atoms with Crippen LogP contribution < -0.4 is 16.4 Å². The Bertz CT molecular complexity index is 2010. The van der Waals surface area contributed by atoms with E-state index >= 15 is 43.9 Å². The van der Waals surface area contributed by atoms with Gasteiger partial charge in [0.15, 0.2) is 69.8 Å². The lowest BCUT2D eigenvalue weighted by atomic mass is 9.04. The van der Waals surface area contributed by atoms with Crippen LogP contribution in [0.3, 0.4) is 0 Å². The van der Waals surface area contributed by atoms with Crippen molar-refractivity contribution in [2.75, 3.05) is 0 Å². The summed E-state index contributed by atoms with van der Waals surface area (Å²) in [6.07, 6.45) is -12.5. The van der Waals surface area contributed by atoms with Crippen molar-refractivity contribution < 1.29 is 92.9 Å². The SMILES string of the molecule is Oc1csc(C2([B-](c3c(F)c(F)c(F)c(F)c3F)(c3c(F)c(F)c(F)c(F)c3F)c3c(F)c(F)c(F)c(F)c3F)C(F)=C(F)C(F)=C(F)C2F)c1. The predicted molar refractivity (Wildman–Crippen MR) is 134 cm³/mol. The summed E-state index contributed by atoms with van der Waals surface area (Å²) in [6, 6.07) is -0.318. The van der Waals surface area contributed by atoms with Gasteiger partial charge in [0.1, 0.15) is 58.8 Å². The Hall–Kier alpha value is -4.70. The van der Waals surface area contributed by atoms with Crippen molar-refractivity contribution in [2.45, 2.75) is 11.5 Å². The molecule has 1 nitrogen and oxygen atoms in total. The van der Waals surface area contributed by atoms with Gasteiger partial charge in [-0.05, 0) is 16.3 Å². The van der Waals surface area contributed by atoms with E-state index in [1.54, 1.807) is 0 Å². The first kappa shape index (κ1) is 37.6. The lowest BCUT2D eigenvalue weighted by Crippen LogP contribution is -2.85. The van der Waals surface area contributed by atoms with Crippen molar-refractivity contribution in [3.05, 3.63) is 127 Å². The van der Waals surface area contributed by atoms with Gasteiger partial charge in [-0.25, -0.2) is 87.8 Å². The Balaban J connectivity index is 2.44. The molecule has 2 unspecified atom stereocenters. The molecule has 1 N–H and O–H groups in total. The fourth-order valence-electron chi connectivity index (χ4n) is 6.33. The number of hydrogen-bond acceptors (Lipinski definition) is 2. The minimum Gasteiger partial charge on any atom is -0.507 e. The Morgan fingerprint density at radius 3 is 1.04 bits per heavy atom. The quantitative estimate of drug-likeness (QED) is 0.0940. The Morgan fingerprint density at radius 1 is 0.471 bits per heavy atom. The third-order valence-electron chi connectivity index (χ3n) is 8.29. The highest BCUT2D eigenvalue weighted by Crippen LogP contribution is 2.57. The van der Waals surface area contributed by atoms with E-state index in [0.717, 1.165) is 0 Å². The van der Waals surface area contributed by atoms with E-state index in [1.807, 2.05) is 0 Å². The van der Waals surface area contributed by atoms with Crippen molar-refractivity contribution in [1.29, 1.82) is 0 Å². The van der Waals surface area contributed by atoms with Crippen LogP contribution in [-0.4, -0.2) is 17.4 Å². The fraction of sp³-hybridized carbons (Fsp3) is 0.0714. The Morgan fingerprint density at radius 2 is 0.765 bits per heavy atom. The molecule has 272 valence electrons. The molecule has 1 aromatic heterocycles. The summed E-state index contributed by atoms with van der Waals surface area (Å²) < 4.78 is 307. The first-order valence-corrected chi connectivity index (χ1v) is 13.7. The first-order valence-electron chi connectivity index (χ1n) is 12.8. The van der Waals surface area contributed by atoms with Crippen molar-refractivity contribution >= 4 is 33.9 Å². The van der Waals surface area contributed by atoms with Crippen LogP contribution in [0.15, 0.2) is 34.8 Å². The third kappa shape index (κ3) is 4.51. The number of halogens is 20. The fourth-order valence-corrected chi connectivity index (χ4v) is 7.40. The molecule has 0 spiro atoms. The molecule has 4 aromatic rings. The standard InChI is InChI=1S/C28H4BF20OS/c30-8-5(9(31)15(37)20(42)14(8)36)29(6-10(32)16(38)21(43)17(39)11(6)33,7-12(34)18(40)22(44)19(41)13(7)35)28(4-1-3(50)2-51-4)26(48)24(46)23(45)25(47)27(28)49/h1-2,26,50H/q-1. The predicted octanol–water partition coefficient (Wildman–Crippen LogP) is 8.14. The maximum absolute atomic E-state index is 16.8. The number of benzene rings is 3. The van der Waals surface area contributed by atoms with Gasteiger partial charge < -0.3 is 5.11 Å². The number of hydrogen-bond donors (Lipinski definition) is 1. The highest BCUT2D eigenvalue weighted by atomic mass is 32.1. The van der Waals surface area contributed by atoms with Crippen LogP contribution in [0.5, 0.6) is 5.75 Å². The molecule has 0 aliphatic heterocycles. The zero-order valence-electron chi connectivity index (χ0n) is 23.2. The van der Waals surface area contributed by atoms with Gasteiger partial charge in [-0.3, -0.25) is 0 Å². The molecular weight excluding hydrogens is 775 g/mol. The van der Waals surface area contributed by atoms with E-state index in [4.69, 9.17) is 0 Å². The zero-order chi connectivity index (χ0) is 38.6. The molecule has 2 atom stereocenters. The van der Waals surface area contributed by atoms with Gasteiger partial charge in [0.25, 0.3) is 0 Å². The van der Waals surface area contributed by atoms with Gasteiger partial charge in [-0.15, -0.1) is 27.7 Å². The van der Waals surface area contributed by atoms with Gasteiger partial charge in [0.05, 0.1) is 0 Å². The molecule has 0 bridgehead atoms. The van der Waals surface area contributed by atoms with E-state index in [1.165, 1.54) is 0 Å². The van der Waals surface area contributed by atoms with E-state index < -0.39 is 167 Å². The van der Waals surface area contributed by atoms with Gasteiger partial charge in [0.2, 0.25) is 0 Å². The van der Waals surface area contributed by atoms with Crippen LogP contribution in [0, 0.1) is 87.3 Å². The van der Waals surface area contributed by atoms with Gasteiger partial charge >= 0.3 is 0 Å². The lowest BCUT2D eigenvalue weighted by molar-refractivity contribution is 0.219. The normalized spacial score (nSPS) is 18.4. The lowest BCUT2D eigenvalue weighted by Gasteiger charge is -2.58. The second kappa shape index (κ2) is 12.2. The van der Waals surface area contributed by atoms with Crippen LogP contribution in [0.1, 0.15) is 4.88 Å². The van der Waals surface area contributed by atoms with Gasteiger partial charge in [0, 0.05) is 5.38 Å². The van der Waals surface area contributed by atoms with Crippen molar-refractivity contribution in [3.8, 4) is 5.75 Å². The summed E-state index contributed by atoms with van der Waals surface area (Å²) in [5, 5.41) is 4.44. The minimum absolute atomic E-state index is 0.123. The number of thiophene rings is 1. The van der Waals surface area contributed by atoms with Crippen molar-refractivity contribution in [1.82, 2.24) is 0 Å². The van der Waals surface area contributed by atoms with Gasteiger partial charge in [-0.1, -0.05) is 0 Å². The molecule has 0 amide bonds. The molecular formula is C28H4BF20OS-. The highest BCUT2D eigenvalue weighted by Gasteiger charge is 2.67. The summed E-state index contributed by atoms with van der Waals surface area (Å²) in [7, 11) is 0. The van der Waals surface area contributed by atoms with E-state index in [2.05, 4.69) is 0 Å². The maximum Gasteiger partial charge on any atom is 0.200 e. The number of rotatable bonds is 5. The van der Waals surface area contributed by atoms with E-state index in [-0.39, 0.29) is 11.4 Å². The molecule has 3 aromatic carbocycles. The smallest absolute Gasteiger partial charge is 0.200 e. The summed E-state index contributed by atoms with van der Waals surface area (Å²) >= 11 is -0.698. The largest absolute Gasteiger partial charge is 0.507 e. The molecule has 0 saturated carbocycles. The Kier molecular flexibility index (Phi) is 9.00. The molecule has 0 radical (unpaired) electrons. The molecule has 1 aliphatic carbocycles. The third-order valence-corrected chi connectivity index (χ3v) is 9.36. The first-order chi connectivity index (χ1) is 23.6. The summed E-state index contributed by atoms with van der Waals surface area (Å²) in [5.74, 6) is -69.9. The zero-order valence-corrected chi connectivity index (χ0v) is 24.0. The molecule has 1 heterocycles. The molecule has 23 heteroatoms. The number of aromatic hydroxyl groups is 1. The van der Waals surface area contributed by atoms with Crippen LogP contribution >= 0.6 is 11.3 Å². The van der Waals surface area contributed by atoms with Crippen molar-refractivity contribution in [3.63, 3.8) is 0 Å². The maximum atomic E-state index is 16.8. The van der Waals surface area contributed by atoms with E-state index in [0.29, 0.717) is 0 Å². The van der Waals surface area contributed by atoms with Crippen molar-refractivity contribution in [2.24, 2.45) is 0 Å².